The van der Waals surface area contributed by atoms with E-state index in [1.54, 1.807) is 0 Å². The molecule has 0 atom stereocenters. The zero-order valence-electron chi connectivity index (χ0n) is 12.1. The molecular weight excluding hydrogens is 264 g/mol. The first-order chi connectivity index (χ1) is 10.3. The van der Waals surface area contributed by atoms with Gasteiger partial charge >= 0.3 is 6.03 Å². The molecule has 1 aromatic rings. The Labute approximate surface area is 125 Å². The molecule has 2 aliphatic heterocycles. The molecule has 2 heterocycles. The molecule has 0 aromatic heterocycles. The summed E-state index contributed by atoms with van der Waals surface area (Å²) in [5.74, 6) is 0. The summed E-state index contributed by atoms with van der Waals surface area (Å²) in [6.07, 6.45) is 2.80. The maximum Gasteiger partial charge on any atom is 0.322 e. The molecule has 2 amide bonds. The first-order valence-corrected chi connectivity index (χ1v) is 7.53. The number of nitriles is 1. The van der Waals surface area contributed by atoms with Gasteiger partial charge in [0.25, 0.3) is 0 Å². The second kappa shape index (κ2) is 6.15. The summed E-state index contributed by atoms with van der Waals surface area (Å²) in [5.41, 5.74) is 2.14. The first kappa shape index (κ1) is 13.9. The van der Waals surface area contributed by atoms with Crippen molar-refractivity contribution in [3.63, 3.8) is 0 Å². The molecule has 0 saturated carbocycles. The van der Waals surface area contributed by atoms with Gasteiger partial charge in [-0.15, -0.1) is 0 Å². The number of benzene rings is 1. The number of amides is 2. The van der Waals surface area contributed by atoms with Crippen molar-refractivity contribution in [2.45, 2.75) is 25.3 Å². The van der Waals surface area contributed by atoms with Gasteiger partial charge in [-0.2, -0.15) is 5.26 Å². The number of para-hydroxylation sites is 1. The second-order valence-corrected chi connectivity index (χ2v) is 5.70. The molecule has 1 aromatic carbocycles. The minimum atomic E-state index is 0.0127. The number of nitrogens with one attached hydrogen (secondary N) is 1. The van der Waals surface area contributed by atoms with Crippen LogP contribution in [0.25, 0.3) is 0 Å². The van der Waals surface area contributed by atoms with E-state index in [4.69, 9.17) is 5.26 Å². The SMILES string of the molecule is N#CCN1CCC(N2CCc3ccccc3NC2=O)CC1. The van der Waals surface area contributed by atoms with E-state index >= 15 is 0 Å². The Hall–Kier alpha value is -2.06. The van der Waals surface area contributed by atoms with Gasteiger partial charge in [-0.3, -0.25) is 4.90 Å². The average Bonchev–Trinajstić information content (AvgIpc) is 2.67. The lowest BCUT2D eigenvalue weighted by atomic mass is 10.0. The van der Waals surface area contributed by atoms with Crippen LogP contribution in [-0.4, -0.2) is 48.1 Å². The molecule has 5 nitrogen and oxygen atoms in total. The fourth-order valence-electron chi connectivity index (χ4n) is 3.23. The van der Waals surface area contributed by atoms with E-state index in [0.717, 1.165) is 44.6 Å². The van der Waals surface area contributed by atoms with Crippen LogP contribution in [0.15, 0.2) is 24.3 Å². The van der Waals surface area contributed by atoms with Gasteiger partial charge in [-0.05, 0) is 30.9 Å². The average molecular weight is 284 g/mol. The lowest BCUT2D eigenvalue weighted by Gasteiger charge is -2.37. The second-order valence-electron chi connectivity index (χ2n) is 5.70. The molecule has 0 unspecified atom stereocenters. The van der Waals surface area contributed by atoms with Crippen LogP contribution in [-0.2, 0) is 6.42 Å². The van der Waals surface area contributed by atoms with Gasteiger partial charge in [0.1, 0.15) is 0 Å². The van der Waals surface area contributed by atoms with Crippen LogP contribution in [0.1, 0.15) is 18.4 Å². The Bertz CT molecular complexity index is 558. The topological polar surface area (TPSA) is 59.4 Å². The Morgan fingerprint density at radius 3 is 2.76 bits per heavy atom. The number of rotatable bonds is 2. The largest absolute Gasteiger partial charge is 0.322 e. The highest BCUT2D eigenvalue weighted by atomic mass is 16.2. The number of anilines is 1. The third-order valence-corrected chi connectivity index (χ3v) is 4.43. The zero-order valence-corrected chi connectivity index (χ0v) is 12.1. The minimum absolute atomic E-state index is 0.0127. The fourth-order valence-corrected chi connectivity index (χ4v) is 3.23. The van der Waals surface area contributed by atoms with Crippen molar-refractivity contribution in [3.05, 3.63) is 29.8 Å². The molecule has 0 radical (unpaired) electrons. The summed E-state index contributed by atoms with van der Waals surface area (Å²) >= 11 is 0. The summed E-state index contributed by atoms with van der Waals surface area (Å²) in [4.78, 5) is 16.6. The number of likely N-dealkylation sites (tertiary alicyclic amines) is 1. The summed E-state index contributed by atoms with van der Waals surface area (Å²) in [6.45, 7) is 3.06. The highest BCUT2D eigenvalue weighted by Gasteiger charge is 2.29. The number of nitrogens with zero attached hydrogens (tertiary/aromatic N) is 3. The normalized spacial score (nSPS) is 20.3. The van der Waals surface area contributed by atoms with Crippen molar-refractivity contribution in [1.29, 1.82) is 5.26 Å². The van der Waals surface area contributed by atoms with Gasteiger partial charge < -0.3 is 10.2 Å². The first-order valence-electron chi connectivity index (χ1n) is 7.53. The quantitative estimate of drug-likeness (QED) is 0.846. The van der Waals surface area contributed by atoms with E-state index in [0.29, 0.717) is 6.54 Å². The molecule has 0 aliphatic carbocycles. The Morgan fingerprint density at radius 2 is 2.00 bits per heavy atom. The standard InChI is InChI=1S/C16H20N4O/c17-8-12-19-9-6-14(7-10-19)20-11-5-13-3-1-2-4-15(13)18-16(20)21/h1-4,14H,5-7,9-12H2,(H,18,21). The minimum Gasteiger partial charge on any atom is -0.321 e. The molecule has 1 N–H and O–H groups in total. The van der Waals surface area contributed by atoms with Crippen molar-refractivity contribution in [2.75, 3.05) is 31.5 Å². The molecule has 1 saturated heterocycles. The number of piperidine rings is 1. The molecule has 3 rings (SSSR count). The predicted molar refractivity (Wildman–Crippen MR) is 80.9 cm³/mol. The highest BCUT2D eigenvalue weighted by molar-refractivity contribution is 5.91. The van der Waals surface area contributed by atoms with Crippen LogP contribution in [0.5, 0.6) is 0 Å². The summed E-state index contributed by atoms with van der Waals surface area (Å²) < 4.78 is 0. The number of carbonyl (C=O) groups is 1. The third-order valence-electron chi connectivity index (χ3n) is 4.43. The van der Waals surface area contributed by atoms with Crippen LogP contribution in [0, 0.1) is 11.3 Å². The molecule has 1 fully saturated rings. The van der Waals surface area contributed by atoms with E-state index in [-0.39, 0.29) is 12.1 Å². The van der Waals surface area contributed by atoms with Crippen LogP contribution in [0.2, 0.25) is 0 Å². The van der Waals surface area contributed by atoms with E-state index in [9.17, 15) is 4.79 Å². The van der Waals surface area contributed by atoms with Gasteiger partial charge in [0.2, 0.25) is 0 Å². The molecule has 110 valence electrons. The van der Waals surface area contributed by atoms with Crippen LogP contribution < -0.4 is 5.32 Å². The van der Waals surface area contributed by atoms with Crippen molar-refractivity contribution in [3.8, 4) is 6.07 Å². The van der Waals surface area contributed by atoms with Crippen molar-refractivity contribution in [1.82, 2.24) is 9.80 Å². The number of urea groups is 1. The zero-order chi connectivity index (χ0) is 14.7. The summed E-state index contributed by atoms with van der Waals surface area (Å²) in [5, 5.41) is 11.8. The van der Waals surface area contributed by atoms with Gasteiger partial charge in [0.15, 0.2) is 0 Å². The van der Waals surface area contributed by atoms with Crippen molar-refractivity contribution < 1.29 is 4.79 Å². The van der Waals surface area contributed by atoms with Crippen molar-refractivity contribution in [2.24, 2.45) is 0 Å². The smallest absolute Gasteiger partial charge is 0.321 e. The lowest BCUT2D eigenvalue weighted by molar-refractivity contribution is 0.135. The van der Waals surface area contributed by atoms with Crippen molar-refractivity contribution >= 4 is 11.7 Å². The number of hydrogen-bond acceptors (Lipinski definition) is 3. The summed E-state index contributed by atoms with van der Waals surface area (Å²) in [6, 6.07) is 10.5. The van der Waals surface area contributed by atoms with Gasteiger partial charge in [-0.25, -0.2) is 4.79 Å². The maximum atomic E-state index is 12.4. The number of fused-ring (bicyclic) bond motifs is 1. The van der Waals surface area contributed by atoms with Gasteiger partial charge in [-0.1, -0.05) is 18.2 Å². The monoisotopic (exact) mass is 284 g/mol. The number of hydrogen-bond donors (Lipinski definition) is 1. The number of carbonyl (C=O) groups excluding carboxylic acids is 1. The summed E-state index contributed by atoms with van der Waals surface area (Å²) in [7, 11) is 0. The van der Waals surface area contributed by atoms with Gasteiger partial charge in [0, 0.05) is 31.4 Å². The molecular formula is C16H20N4O. The Balaban J connectivity index is 1.65. The van der Waals surface area contributed by atoms with E-state index in [1.807, 2.05) is 23.1 Å². The highest BCUT2D eigenvalue weighted by Crippen LogP contribution is 2.24. The molecule has 0 bridgehead atoms. The van der Waals surface area contributed by atoms with Crippen LogP contribution in [0.3, 0.4) is 0 Å². The predicted octanol–water partition coefficient (Wildman–Crippen LogP) is 2.06. The maximum absolute atomic E-state index is 12.4. The molecule has 0 spiro atoms. The Morgan fingerprint density at radius 1 is 1.24 bits per heavy atom. The van der Waals surface area contributed by atoms with E-state index in [1.165, 1.54) is 5.56 Å². The van der Waals surface area contributed by atoms with Crippen LogP contribution >= 0.6 is 0 Å². The molecule has 5 heteroatoms. The fraction of sp³-hybridized carbons (Fsp3) is 0.500. The van der Waals surface area contributed by atoms with Gasteiger partial charge in [0.05, 0.1) is 12.6 Å². The Kier molecular flexibility index (Phi) is 4.07. The lowest BCUT2D eigenvalue weighted by Crippen LogP contribution is -2.48. The molecule has 2 aliphatic rings. The third kappa shape index (κ3) is 3.01. The van der Waals surface area contributed by atoms with E-state index in [2.05, 4.69) is 22.4 Å². The van der Waals surface area contributed by atoms with E-state index < -0.39 is 0 Å². The molecule has 21 heavy (non-hydrogen) atoms. The van der Waals surface area contributed by atoms with Crippen LogP contribution in [0.4, 0.5) is 10.5 Å².